The van der Waals surface area contributed by atoms with Crippen molar-refractivity contribution in [2.24, 2.45) is 4.99 Å². The third kappa shape index (κ3) is 5.51. The number of nitrogens with zero attached hydrogens (tertiary/aromatic N) is 3. The van der Waals surface area contributed by atoms with Crippen LogP contribution in [-0.4, -0.2) is 47.7 Å². The lowest BCUT2D eigenvalue weighted by Gasteiger charge is -2.41. The van der Waals surface area contributed by atoms with E-state index in [1.807, 2.05) is 6.07 Å². The lowest BCUT2D eigenvalue weighted by atomic mass is 9.98. The topological polar surface area (TPSA) is 65.7 Å². The van der Waals surface area contributed by atoms with Gasteiger partial charge in [-0.3, -0.25) is 4.90 Å². The summed E-state index contributed by atoms with van der Waals surface area (Å²) in [5.41, 5.74) is 1.10. The van der Waals surface area contributed by atoms with Crippen LogP contribution in [0.4, 0.5) is 0 Å². The van der Waals surface area contributed by atoms with Gasteiger partial charge in [-0.05, 0) is 53.1 Å². The van der Waals surface area contributed by atoms with Gasteiger partial charge in [0.1, 0.15) is 6.54 Å². The number of aryl methyl sites for hydroxylation is 1. The number of likely N-dealkylation sites (tertiary alicyclic amines) is 1. The zero-order valence-electron chi connectivity index (χ0n) is 15.7. The first kappa shape index (κ1) is 18.8. The molecule has 0 radical (unpaired) electrons. The van der Waals surface area contributed by atoms with Crippen molar-refractivity contribution < 1.29 is 4.52 Å². The largest absolute Gasteiger partial charge is 0.359 e. The van der Waals surface area contributed by atoms with Crippen LogP contribution in [-0.2, 0) is 13.0 Å². The Morgan fingerprint density at radius 1 is 1.25 bits per heavy atom. The molecule has 1 aromatic heterocycles. The molecule has 2 rings (SSSR count). The molecule has 1 saturated heterocycles. The molecule has 2 heterocycles. The molecule has 1 aromatic rings. The summed E-state index contributed by atoms with van der Waals surface area (Å²) in [6, 6.07) is 1.98. The molecule has 6 nitrogen and oxygen atoms in total. The van der Waals surface area contributed by atoms with E-state index in [4.69, 9.17) is 4.52 Å². The van der Waals surface area contributed by atoms with Crippen molar-refractivity contribution >= 4 is 5.96 Å². The molecule has 0 unspecified atom stereocenters. The molecule has 1 aliphatic heterocycles. The third-order valence-electron chi connectivity index (χ3n) is 4.61. The van der Waals surface area contributed by atoms with Gasteiger partial charge < -0.3 is 15.2 Å². The van der Waals surface area contributed by atoms with E-state index < -0.39 is 0 Å². The normalized spacial score (nSPS) is 17.1. The highest BCUT2D eigenvalue weighted by Crippen LogP contribution is 2.19. The molecule has 0 atom stereocenters. The molecule has 6 heteroatoms. The number of rotatable bonds is 7. The molecule has 136 valence electrons. The van der Waals surface area contributed by atoms with E-state index in [2.05, 4.69) is 53.4 Å². The van der Waals surface area contributed by atoms with E-state index in [-0.39, 0.29) is 5.54 Å². The van der Waals surface area contributed by atoms with Crippen molar-refractivity contribution in [2.75, 3.05) is 26.2 Å². The van der Waals surface area contributed by atoms with Crippen LogP contribution in [0.25, 0.3) is 0 Å². The monoisotopic (exact) mass is 335 g/mol. The Hall–Kier alpha value is -1.56. The summed E-state index contributed by atoms with van der Waals surface area (Å²) >= 11 is 0. The molecule has 0 bridgehead atoms. The third-order valence-corrected chi connectivity index (χ3v) is 4.61. The van der Waals surface area contributed by atoms with Crippen molar-refractivity contribution in [3.05, 3.63) is 17.5 Å². The fraction of sp³-hybridized carbons (Fsp3) is 0.778. The van der Waals surface area contributed by atoms with E-state index in [0.717, 1.165) is 36.9 Å². The first-order valence-electron chi connectivity index (χ1n) is 9.27. The molecule has 0 aromatic carbocycles. The average molecular weight is 335 g/mol. The van der Waals surface area contributed by atoms with Gasteiger partial charge >= 0.3 is 0 Å². The summed E-state index contributed by atoms with van der Waals surface area (Å²) in [5, 5.41) is 10.8. The molecule has 1 aliphatic rings. The van der Waals surface area contributed by atoms with Gasteiger partial charge in [-0.25, -0.2) is 4.99 Å². The molecule has 0 saturated carbocycles. The lowest BCUT2D eigenvalue weighted by Crippen LogP contribution is -2.54. The second-order valence-electron chi connectivity index (χ2n) is 7.05. The number of piperidine rings is 1. The molecular weight excluding hydrogens is 302 g/mol. The Kier molecular flexibility index (Phi) is 7.09. The summed E-state index contributed by atoms with van der Waals surface area (Å²) in [4.78, 5) is 7.20. The highest BCUT2D eigenvalue weighted by molar-refractivity contribution is 5.79. The highest BCUT2D eigenvalue weighted by Gasteiger charge is 2.27. The van der Waals surface area contributed by atoms with Gasteiger partial charge in [0.2, 0.25) is 0 Å². The summed E-state index contributed by atoms with van der Waals surface area (Å²) in [5.74, 6) is 1.64. The molecule has 1 fully saturated rings. The van der Waals surface area contributed by atoms with Crippen LogP contribution in [0.15, 0.2) is 15.6 Å². The van der Waals surface area contributed by atoms with Gasteiger partial charge in [-0.1, -0.05) is 18.5 Å². The van der Waals surface area contributed by atoms with Crippen molar-refractivity contribution in [3.8, 4) is 0 Å². The molecule has 0 aliphatic carbocycles. The van der Waals surface area contributed by atoms with Gasteiger partial charge in [0.15, 0.2) is 11.7 Å². The maximum atomic E-state index is 5.30. The van der Waals surface area contributed by atoms with Gasteiger partial charge in [0.25, 0.3) is 0 Å². The van der Waals surface area contributed by atoms with Crippen LogP contribution in [0.5, 0.6) is 0 Å². The Balaban J connectivity index is 1.90. The number of nitrogens with one attached hydrogen (secondary N) is 2. The Morgan fingerprint density at radius 3 is 2.62 bits per heavy atom. The van der Waals surface area contributed by atoms with E-state index in [9.17, 15) is 0 Å². The summed E-state index contributed by atoms with van der Waals surface area (Å²) in [6.45, 7) is 13.4. The maximum Gasteiger partial charge on any atom is 0.191 e. The summed E-state index contributed by atoms with van der Waals surface area (Å²) in [6.07, 6.45) is 4.86. The van der Waals surface area contributed by atoms with Gasteiger partial charge in [-0.15, -0.1) is 0 Å². The predicted molar refractivity (Wildman–Crippen MR) is 98.2 cm³/mol. The number of guanidine groups is 1. The van der Waals surface area contributed by atoms with Crippen molar-refractivity contribution in [2.45, 2.75) is 65.5 Å². The van der Waals surface area contributed by atoms with E-state index in [0.29, 0.717) is 6.54 Å². The zero-order valence-corrected chi connectivity index (χ0v) is 15.7. The van der Waals surface area contributed by atoms with Crippen molar-refractivity contribution in [1.29, 1.82) is 0 Å². The Morgan fingerprint density at radius 2 is 2.00 bits per heavy atom. The SMILES string of the molecule is CCNC(=NCc1cc(CC)no1)NCC(C)(C)N1CCCCC1. The Bertz CT molecular complexity index is 517. The molecule has 0 spiro atoms. The Labute approximate surface area is 146 Å². The number of hydrogen-bond acceptors (Lipinski definition) is 4. The summed E-state index contributed by atoms with van der Waals surface area (Å²) in [7, 11) is 0. The van der Waals surface area contributed by atoms with E-state index in [1.165, 1.54) is 32.4 Å². The van der Waals surface area contributed by atoms with Crippen molar-refractivity contribution in [3.63, 3.8) is 0 Å². The van der Waals surface area contributed by atoms with Crippen LogP contribution in [0.2, 0.25) is 0 Å². The van der Waals surface area contributed by atoms with E-state index >= 15 is 0 Å². The standard InChI is InChI=1S/C18H33N5O/c1-5-15-12-16(24-22-15)13-20-17(19-6-2)21-14-18(3,4)23-10-8-7-9-11-23/h12H,5-11,13-14H2,1-4H3,(H2,19,20,21). The second-order valence-corrected chi connectivity index (χ2v) is 7.05. The average Bonchev–Trinajstić information content (AvgIpc) is 3.06. The molecule has 2 N–H and O–H groups in total. The predicted octanol–water partition coefficient (Wildman–Crippen LogP) is 2.56. The number of aromatic nitrogens is 1. The fourth-order valence-corrected chi connectivity index (χ4v) is 3.01. The fourth-order valence-electron chi connectivity index (χ4n) is 3.01. The minimum atomic E-state index is 0.123. The van der Waals surface area contributed by atoms with Gasteiger partial charge in [0, 0.05) is 24.7 Å². The maximum absolute atomic E-state index is 5.30. The lowest BCUT2D eigenvalue weighted by molar-refractivity contribution is 0.0982. The quantitative estimate of drug-likeness (QED) is 0.592. The molecular formula is C18H33N5O. The second kappa shape index (κ2) is 9.06. The van der Waals surface area contributed by atoms with E-state index in [1.54, 1.807) is 0 Å². The van der Waals surface area contributed by atoms with Crippen LogP contribution < -0.4 is 10.6 Å². The summed E-state index contributed by atoms with van der Waals surface area (Å²) < 4.78 is 5.30. The minimum Gasteiger partial charge on any atom is -0.359 e. The van der Waals surface area contributed by atoms with Crippen LogP contribution in [0, 0.1) is 0 Å². The molecule has 0 amide bonds. The number of aliphatic imine (C=N–C) groups is 1. The minimum absolute atomic E-state index is 0.123. The van der Waals surface area contributed by atoms with Crippen LogP contribution in [0.1, 0.15) is 58.4 Å². The molecule has 24 heavy (non-hydrogen) atoms. The van der Waals surface area contributed by atoms with Gasteiger partial charge in [-0.2, -0.15) is 0 Å². The first-order chi connectivity index (χ1) is 11.5. The number of hydrogen-bond donors (Lipinski definition) is 2. The van der Waals surface area contributed by atoms with Gasteiger partial charge in [0.05, 0.1) is 5.69 Å². The first-order valence-corrected chi connectivity index (χ1v) is 9.27. The van der Waals surface area contributed by atoms with Crippen LogP contribution >= 0.6 is 0 Å². The van der Waals surface area contributed by atoms with Crippen LogP contribution in [0.3, 0.4) is 0 Å². The van der Waals surface area contributed by atoms with Crippen molar-refractivity contribution in [1.82, 2.24) is 20.7 Å². The smallest absolute Gasteiger partial charge is 0.191 e. The highest BCUT2D eigenvalue weighted by atomic mass is 16.5. The zero-order chi connectivity index (χ0) is 17.4.